The average molecular weight is 357 g/mol. The molecule has 1 aromatic heterocycles. The van der Waals surface area contributed by atoms with E-state index in [1.165, 1.54) is 12.1 Å². The lowest BCUT2D eigenvalue weighted by Crippen LogP contribution is -1.97. The van der Waals surface area contributed by atoms with Gasteiger partial charge in [-0.15, -0.1) is 0 Å². The molecule has 0 saturated carbocycles. The minimum absolute atomic E-state index is 0.0407. The summed E-state index contributed by atoms with van der Waals surface area (Å²) in [5.41, 5.74) is 3.54. The van der Waals surface area contributed by atoms with E-state index in [2.05, 4.69) is 11.1 Å². The Labute approximate surface area is 148 Å². The zero-order valence-electron chi connectivity index (χ0n) is 13.1. The third-order valence-electron chi connectivity index (χ3n) is 4.06. The molecule has 0 radical (unpaired) electrons. The number of carboxylic acids is 1. The van der Waals surface area contributed by atoms with Crippen LogP contribution in [0.2, 0.25) is 5.02 Å². The molecular weight excluding hydrogens is 343 g/mol. The Morgan fingerprint density at radius 3 is 2.76 bits per heavy atom. The Bertz CT molecular complexity index is 1000. The molecule has 3 aromatic rings. The zero-order valence-corrected chi connectivity index (χ0v) is 13.9. The Hall–Kier alpha value is -2.84. The van der Waals surface area contributed by atoms with Gasteiger partial charge in [-0.25, -0.2) is 4.39 Å². The summed E-state index contributed by atoms with van der Waals surface area (Å²) in [7, 11) is 0. The minimum Gasteiger partial charge on any atom is -0.481 e. The highest BCUT2D eigenvalue weighted by atomic mass is 35.5. The van der Waals surface area contributed by atoms with Gasteiger partial charge in [0.1, 0.15) is 5.82 Å². The highest BCUT2D eigenvalue weighted by Gasteiger charge is 2.15. The maximum Gasteiger partial charge on any atom is 0.303 e. The quantitative estimate of drug-likeness (QED) is 0.682. The molecule has 0 aliphatic rings. The molecule has 1 heterocycles. The standard InChI is InChI=1S/C19H14ClFN2O2/c20-15-6-5-12(9-16(15)21)19-13(2-1-3-18(24)25)14-8-11(10-22)4-7-17(14)23-19/h4-9,23H,1-3H2,(H,24,25). The van der Waals surface area contributed by atoms with Gasteiger partial charge in [0.15, 0.2) is 0 Å². The van der Waals surface area contributed by atoms with Gasteiger partial charge in [-0.1, -0.05) is 17.7 Å². The smallest absolute Gasteiger partial charge is 0.303 e. The number of carbonyl (C=O) groups is 1. The maximum atomic E-state index is 13.9. The highest BCUT2D eigenvalue weighted by molar-refractivity contribution is 6.30. The Morgan fingerprint density at radius 1 is 1.28 bits per heavy atom. The van der Waals surface area contributed by atoms with Crippen LogP contribution in [0.1, 0.15) is 24.0 Å². The van der Waals surface area contributed by atoms with E-state index in [0.717, 1.165) is 16.5 Å². The predicted octanol–water partition coefficient (Wildman–Crippen LogP) is 4.91. The number of benzene rings is 2. The molecule has 2 aromatic carbocycles. The fourth-order valence-corrected chi connectivity index (χ4v) is 3.01. The number of fused-ring (bicyclic) bond motifs is 1. The monoisotopic (exact) mass is 356 g/mol. The summed E-state index contributed by atoms with van der Waals surface area (Å²) in [4.78, 5) is 14.1. The molecule has 126 valence electrons. The molecule has 0 aliphatic carbocycles. The highest BCUT2D eigenvalue weighted by Crippen LogP contribution is 2.33. The van der Waals surface area contributed by atoms with Crippen LogP contribution in [0.25, 0.3) is 22.2 Å². The van der Waals surface area contributed by atoms with Gasteiger partial charge in [0, 0.05) is 28.6 Å². The van der Waals surface area contributed by atoms with Crippen LogP contribution in [0.15, 0.2) is 36.4 Å². The summed E-state index contributed by atoms with van der Waals surface area (Å²) >= 11 is 5.76. The van der Waals surface area contributed by atoms with Crippen LogP contribution in [0, 0.1) is 17.1 Å². The first kappa shape index (κ1) is 17.0. The van der Waals surface area contributed by atoms with Crippen LogP contribution in [0.4, 0.5) is 4.39 Å². The van der Waals surface area contributed by atoms with Crippen molar-refractivity contribution < 1.29 is 14.3 Å². The molecule has 0 spiro atoms. The van der Waals surface area contributed by atoms with Gasteiger partial charge >= 0.3 is 5.97 Å². The van der Waals surface area contributed by atoms with E-state index < -0.39 is 11.8 Å². The number of aromatic amines is 1. The fourth-order valence-electron chi connectivity index (χ4n) is 2.89. The number of aromatic nitrogens is 1. The SMILES string of the molecule is N#Cc1ccc2[nH]c(-c3ccc(Cl)c(F)c3)c(CCCC(=O)O)c2c1. The van der Waals surface area contributed by atoms with E-state index in [4.69, 9.17) is 22.0 Å². The lowest BCUT2D eigenvalue weighted by Gasteiger charge is -2.06. The van der Waals surface area contributed by atoms with Crippen molar-refractivity contribution in [2.75, 3.05) is 0 Å². The first-order chi connectivity index (χ1) is 12.0. The molecule has 4 nitrogen and oxygen atoms in total. The number of nitriles is 1. The van der Waals surface area contributed by atoms with Gasteiger partial charge in [0.05, 0.1) is 16.7 Å². The molecule has 0 atom stereocenters. The molecule has 0 fully saturated rings. The van der Waals surface area contributed by atoms with Crippen LogP contribution in [-0.2, 0) is 11.2 Å². The number of halogens is 2. The average Bonchev–Trinajstić information content (AvgIpc) is 2.95. The van der Waals surface area contributed by atoms with Gasteiger partial charge in [-0.05, 0) is 48.7 Å². The minimum atomic E-state index is -0.864. The van der Waals surface area contributed by atoms with Gasteiger partial charge in [0.25, 0.3) is 0 Å². The van der Waals surface area contributed by atoms with E-state index in [9.17, 15) is 9.18 Å². The van der Waals surface area contributed by atoms with Crippen molar-refractivity contribution in [2.24, 2.45) is 0 Å². The van der Waals surface area contributed by atoms with Gasteiger partial charge in [-0.3, -0.25) is 4.79 Å². The summed E-state index contributed by atoms with van der Waals surface area (Å²) in [5, 5.41) is 18.9. The Morgan fingerprint density at radius 2 is 2.08 bits per heavy atom. The van der Waals surface area contributed by atoms with Gasteiger partial charge in [-0.2, -0.15) is 5.26 Å². The van der Waals surface area contributed by atoms with Crippen LogP contribution in [-0.4, -0.2) is 16.1 Å². The second-order valence-electron chi connectivity index (χ2n) is 5.73. The Kier molecular flexibility index (Phi) is 4.73. The van der Waals surface area contributed by atoms with E-state index in [0.29, 0.717) is 29.7 Å². The van der Waals surface area contributed by atoms with Crippen molar-refractivity contribution >= 4 is 28.5 Å². The normalized spacial score (nSPS) is 10.8. The van der Waals surface area contributed by atoms with Crippen molar-refractivity contribution in [1.82, 2.24) is 4.98 Å². The first-order valence-corrected chi connectivity index (χ1v) is 8.09. The van der Waals surface area contributed by atoms with Crippen LogP contribution in [0.3, 0.4) is 0 Å². The Balaban J connectivity index is 2.13. The molecule has 0 unspecified atom stereocenters. The summed E-state index contributed by atoms with van der Waals surface area (Å²) in [5.74, 6) is -1.39. The number of hydrogen-bond acceptors (Lipinski definition) is 2. The molecule has 0 bridgehead atoms. The number of H-pyrrole nitrogens is 1. The second-order valence-corrected chi connectivity index (χ2v) is 6.13. The number of rotatable bonds is 5. The van der Waals surface area contributed by atoms with Gasteiger partial charge in [0.2, 0.25) is 0 Å². The van der Waals surface area contributed by atoms with Crippen LogP contribution in [0.5, 0.6) is 0 Å². The first-order valence-electron chi connectivity index (χ1n) is 7.71. The van der Waals surface area contributed by atoms with Crippen LogP contribution < -0.4 is 0 Å². The molecule has 3 rings (SSSR count). The predicted molar refractivity (Wildman–Crippen MR) is 94.0 cm³/mol. The summed E-state index contributed by atoms with van der Waals surface area (Å²) < 4.78 is 13.9. The summed E-state index contributed by atoms with van der Waals surface area (Å²) in [6, 6.07) is 11.9. The molecule has 0 saturated heterocycles. The number of carboxylic acid groups (broad SMARTS) is 1. The van der Waals surface area contributed by atoms with E-state index in [-0.39, 0.29) is 11.4 Å². The second kappa shape index (κ2) is 6.96. The van der Waals surface area contributed by atoms with E-state index in [1.54, 1.807) is 24.3 Å². The largest absolute Gasteiger partial charge is 0.481 e. The van der Waals surface area contributed by atoms with Gasteiger partial charge < -0.3 is 10.1 Å². The topological polar surface area (TPSA) is 76.9 Å². The van der Waals surface area contributed by atoms with Crippen molar-refractivity contribution in [3.05, 3.63) is 58.4 Å². The molecule has 0 aliphatic heterocycles. The van der Waals surface area contributed by atoms with Crippen molar-refractivity contribution in [1.29, 1.82) is 5.26 Å². The molecule has 2 N–H and O–H groups in total. The third kappa shape index (κ3) is 3.49. The lowest BCUT2D eigenvalue weighted by atomic mass is 9.99. The van der Waals surface area contributed by atoms with Crippen LogP contribution >= 0.6 is 11.6 Å². The van der Waals surface area contributed by atoms with Crippen molar-refractivity contribution in [3.63, 3.8) is 0 Å². The molecule has 6 heteroatoms. The maximum absolute atomic E-state index is 13.9. The number of aryl methyl sites for hydroxylation is 1. The van der Waals surface area contributed by atoms with E-state index in [1.807, 2.05) is 0 Å². The summed E-state index contributed by atoms with van der Waals surface area (Å²) in [6.45, 7) is 0. The number of aliphatic carboxylic acids is 1. The lowest BCUT2D eigenvalue weighted by molar-refractivity contribution is -0.137. The number of nitrogens with zero attached hydrogens (tertiary/aromatic N) is 1. The molecule has 0 amide bonds. The third-order valence-corrected chi connectivity index (χ3v) is 4.37. The number of nitrogens with one attached hydrogen (secondary N) is 1. The molecular formula is C19H14ClFN2O2. The van der Waals surface area contributed by atoms with Crippen molar-refractivity contribution in [2.45, 2.75) is 19.3 Å². The summed E-state index contributed by atoms with van der Waals surface area (Å²) in [6.07, 6.45) is 0.988. The number of hydrogen-bond donors (Lipinski definition) is 2. The molecule has 25 heavy (non-hydrogen) atoms. The van der Waals surface area contributed by atoms with Crippen molar-refractivity contribution in [3.8, 4) is 17.3 Å². The zero-order chi connectivity index (χ0) is 18.0. The van der Waals surface area contributed by atoms with E-state index >= 15 is 0 Å². The fraction of sp³-hybridized carbons (Fsp3) is 0.158.